The smallest absolute Gasteiger partial charge is 0.324 e. The largest absolute Gasteiger partial charge is 0.449 e. The SMILES string of the molecule is CC(=Cc1ccccc1)CN(CC1CCN(C(=O)c2ccc3ccccc3c2)CC1)C(=O)Nc1ccco1. The summed E-state index contributed by atoms with van der Waals surface area (Å²) < 4.78 is 5.34. The summed E-state index contributed by atoms with van der Waals surface area (Å²) in [4.78, 5) is 30.2. The number of urea groups is 1. The van der Waals surface area contributed by atoms with Gasteiger partial charge in [0.15, 0.2) is 0 Å². The van der Waals surface area contributed by atoms with Gasteiger partial charge in [0.2, 0.25) is 5.88 Å². The molecule has 194 valence electrons. The van der Waals surface area contributed by atoms with Gasteiger partial charge < -0.3 is 14.2 Å². The summed E-state index contributed by atoms with van der Waals surface area (Å²) >= 11 is 0. The first kappa shape index (κ1) is 25.3. The Morgan fingerprint density at radius 2 is 1.68 bits per heavy atom. The summed E-state index contributed by atoms with van der Waals surface area (Å²) in [6.45, 7) is 4.54. The number of furan rings is 1. The van der Waals surface area contributed by atoms with E-state index in [0.29, 0.717) is 38.0 Å². The molecular formula is C32H33N3O3. The highest BCUT2D eigenvalue weighted by Crippen LogP contribution is 2.23. The van der Waals surface area contributed by atoms with Crippen LogP contribution < -0.4 is 5.32 Å². The van der Waals surface area contributed by atoms with E-state index in [2.05, 4.69) is 29.6 Å². The van der Waals surface area contributed by atoms with Crippen LogP contribution >= 0.6 is 0 Å². The average molecular weight is 508 g/mol. The molecule has 38 heavy (non-hydrogen) atoms. The van der Waals surface area contributed by atoms with Crippen molar-refractivity contribution in [2.75, 3.05) is 31.5 Å². The fourth-order valence-electron chi connectivity index (χ4n) is 5.07. The van der Waals surface area contributed by atoms with Crippen molar-refractivity contribution in [3.05, 3.63) is 108 Å². The molecule has 1 aromatic heterocycles. The predicted octanol–water partition coefficient (Wildman–Crippen LogP) is 6.92. The third kappa shape index (κ3) is 6.32. The minimum absolute atomic E-state index is 0.0725. The number of carbonyl (C=O) groups is 2. The number of hydrogen-bond acceptors (Lipinski definition) is 3. The fourth-order valence-corrected chi connectivity index (χ4v) is 5.07. The van der Waals surface area contributed by atoms with Crippen LogP contribution in [-0.2, 0) is 0 Å². The quantitative estimate of drug-likeness (QED) is 0.295. The summed E-state index contributed by atoms with van der Waals surface area (Å²) in [5, 5.41) is 5.08. The van der Waals surface area contributed by atoms with Gasteiger partial charge in [0.1, 0.15) is 0 Å². The van der Waals surface area contributed by atoms with Crippen LogP contribution in [0.2, 0.25) is 0 Å². The topological polar surface area (TPSA) is 65.8 Å². The summed E-state index contributed by atoms with van der Waals surface area (Å²) in [6.07, 6.45) is 5.36. The van der Waals surface area contributed by atoms with Crippen LogP contribution in [0.5, 0.6) is 0 Å². The van der Waals surface area contributed by atoms with Crippen LogP contribution in [0.25, 0.3) is 16.8 Å². The number of hydrogen-bond donors (Lipinski definition) is 1. The van der Waals surface area contributed by atoms with Crippen LogP contribution in [0.4, 0.5) is 10.7 Å². The molecule has 1 fully saturated rings. The highest BCUT2D eigenvalue weighted by Gasteiger charge is 2.27. The zero-order chi connectivity index (χ0) is 26.3. The van der Waals surface area contributed by atoms with Gasteiger partial charge in [-0.3, -0.25) is 10.1 Å². The lowest BCUT2D eigenvalue weighted by molar-refractivity contribution is 0.0676. The molecule has 5 rings (SSSR count). The zero-order valence-corrected chi connectivity index (χ0v) is 21.7. The number of piperidine rings is 1. The number of fused-ring (bicyclic) bond motifs is 1. The Labute approximate surface area is 223 Å². The summed E-state index contributed by atoms with van der Waals surface area (Å²) in [7, 11) is 0. The van der Waals surface area contributed by atoms with E-state index < -0.39 is 0 Å². The molecule has 0 unspecified atom stereocenters. The van der Waals surface area contributed by atoms with Crippen LogP contribution in [0.3, 0.4) is 0 Å². The summed E-state index contributed by atoms with van der Waals surface area (Å²) in [5.74, 6) is 0.811. The van der Waals surface area contributed by atoms with E-state index >= 15 is 0 Å². The molecular weight excluding hydrogens is 474 g/mol. The van der Waals surface area contributed by atoms with Gasteiger partial charge in [0.05, 0.1) is 6.26 Å². The standard InChI is InChI=1S/C32H33N3O3/c1-24(20-25-8-3-2-4-9-25)22-35(32(37)33-30-12-7-19-38-30)23-26-15-17-34(18-16-26)31(36)29-14-13-27-10-5-6-11-28(27)21-29/h2-14,19-21,26H,15-18,22-23H2,1H3,(H,33,37). The van der Waals surface area contributed by atoms with E-state index in [4.69, 9.17) is 4.42 Å². The molecule has 3 amide bonds. The van der Waals surface area contributed by atoms with Crippen molar-refractivity contribution in [2.24, 2.45) is 5.92 Å². The van der Waals surface area contributed by atoms with E-state index in [1.165, 1.54) is 0 Å². The molecule has 0 radical (unpaired) electrons. The second kappa shape index (κ2) is 11.8. The molecule has 1 saturated heterocycles. The molecule has 1 N–H and O–H groups in total. The van der Waals surface area contributed by atoms with Crippen molar-refractivity contribution in [1.82, 2.24) is 9.80 Å². The molecule has 0 spiro atoms. The first-order valence-electron chi connectivity index (χ1n) is 13.1. The number of nitrogens with one attached hydrogen (secondary N) is 1. The molecule has 2 heterocycles. The Balaban J connectivity index is 1.23. The number of amides is 3. The number of nitrogens with zero attached hydrogens (tertiary/aromatic N) is 2. The lowest BCUT2D eigenvalue weighted by atomic mass is 9.95. The number of rotatable bonds is 7. The third-order valence-corrected chi connectivity index (χ3v) is 7.07. The van der Waals surface area contributed by atoms with Crippen LogP contribution in [0, 0.1) is 5.92 Å². The Hall–Kier alpha value is -4.32. The van der Waals surface area contributed by atoms with E-state index in [-0.39, 0.29) is 11.9 Å². The van der Waals surface area contributed by atoms with Crippen LogP contribution in [0.15, 0.2) is 101 Å². The Morgan fingerprint density at radius 1 is 0.947 bits per heavy atom. The molecule has 6 heteroatoms. The number of benzene rings is 3. The summed E-state index contributed by atoms with van der Waals surface area (Å²) in [5.41, 5.74) is 2.93. The van der Waals surface area contributed by atoms with Crippen molar-refractivity contribution in [3.63, 3.8) is 0 Å². The first-order valence-corrected chi connectivity index (χ1v) is 13.1. The molecule has 0 aliphatic carbocycles. The minimum Gasteiger partial charge on any atom is -0.449 e. The second-order valence-corrected chi connectivity index (χ2v) is 9.99. The number of anilines is 1. The van der Waals surface area contributed by atoms with Gasteiger partial charge in [0.25, 0.3) is 5.91 Å². The Bertz CT molecular complexity index is 1400. The molecule has 0 bridgehead atoms. The molecule has 1 aliphatic heterocycles. The lowest BCUT2D eigenvalue weighted by Crippen LogP contribution is -2.44. The molecule has 3 aromatic carbocycles. The monoisotopic (exact) mass is 507 g/mol. The van der Waals surface area contributed by atoms with Crippen molar-refractivity contribution < 1.29 is 14.0 Å². The zero-order valence-electron chi connectivity index (χ0n) is 21.7. The van der Waals surface area contributed by atoms with Crippen molar-refractivity contribution in [1.29, 1.82) is 0 Å². The maximum absolute atomic E-state index is 13.2. The van der Waals surface area contributed by atoms with E-state index in [1.54, 1.807) is 18.4 Å². The molecule has 1 aliphatic rings. The van der Waals surface area contributed by atoms with Crippen molar-refractivity contribution in [2.45, 2.75) is 19.8 Å². The lowest BCUT2D eigenvalue weighted by Gasteiger charge is -2.35. The maximum Gasteiger partial charge on any atom is 0.324 e. The molecule has 6 nitrogen and oxygen atoms in total. The average Bonchev–Trinajstić information content (AvgIpc) is 3.46. The van der Waals surface area contributed by atoms with Crippen molar-refractivity contribution in [3.8, 4) is 0 Å². The van der Waals surface area contributed by atoms with Gasteiger partial charge in [-0.25, -0.2) is 4.79 Å². The van der Waals surface area contributed by atoms with Gasteiger partial charge in [-0.15, -0.1) is 0 Å². The summed E-state index contributed by atoms with van der Waals surface area (Å²) in [6, 6.07) is 27.4. The number of carbonyl (C=O) groups excluding carboxylic acids is 2. The predicted molar refractivity (Wildman–Crippen MR) is 152 cm³/mol. The first-order chi connectivity index (χ1) is 18.5. The van der Waals surface area contributed by atoms with E-state index in [9.17, 15) is 9.59 Å². The Kier molecular flexibility index (Phi) is 7.88. The minimum atomic E-state index is -0.185. The van der Waals surface area contributed by atoms with Crippen molar-refractivity contribution >= 4 is 34.7 Å². The van der Waals surface area contributed by atoms with E-state index in [1.807, 2.05) is 71.3 Å². The fraction of sp³-hybridized carbons (Fsp3) is 0.250. The van der Waals surface area contributed by atoms with Crippen LogP contribution in [-0.4, -0.2) is 47.9 Å². The third-order valence-electron chi connectivity index (χ3n) is 7.07. The normalized spacial score (nSPS) is 14.4. The van der Waals surface area contributed by atoms with Gasteiger partial charge in [-0.1, -0.05) is 72.3 Å². The highest BCUT2D eigenvalue weighted by atomic mass is 16.3. The molecule has 0 atom stereocenters. The van der Waals surface area contributed by atoms with E-state index in [0.717, 1.165) is 40.3 Å². The van der Waals surface area contributed by atoms with Gasteiger partial charge in [-0.05, 0) is 60.2 Å². The Morgan fingerprint density at radius 3 is 2.42 bits per heavy atom. The highest BCUT2D eigenvalue weighted by molar-refractivity contribution is 5.98. The number of likely N-dealkylation sites (tertiary alicyclic amines) is 1. The second-order valence-electron chi connectivity index (χ2n) is 9.99. The van der Waals surface area contributed by atoms with Crippen LogP contribution in [0.1, 0.15) is 35.7 Å². The van der Waals surface area contributed by atoms with Gasteiger partial charge in [-0.2, -0.15) is 0 Å². The van der Waals surface area contributed by atoms with Gasteiger partial charge in [0, 0.05) is 37.8 Å². The molecule has 4 aromatic rings. The molecule has 0 saturated carbocycles. The van der Waals surface area contributed by atoms with Gasteiger partial charge >= 0.3 is 6.03 Å². The maximum atomic E-state index is 13.2.